The topological polar surface area (TPSA) is 60.6 Å². The minimum Gasteiger partial charge on any atom is -0.272 e. The number of hydrogen-bond acceptors (Lipinski definition) is 6. The molecule has 0 radical (unpaired) electrons. The zero-order valence-corrected chi connectivity index (χ0v) is 14.6. The van der Waals surface area contributed by atoms with E-state index in [1.165, 1.54) is 16.8 Å². The van der Waals surface area contributed by atoms with Gasteiger partial charge in [-0.05, 0) is 36.4 Å². The third-order valence-electron chi connectivity index (χ3n) is 3.93. The highest BCUT2D eigenvalue weighted by molar-refractivity contribution is 7.99. The Morgan fingerprint density at radius 3 is 2.60 bits per heavy atom. The minimum absolute atomic E-state index is 0.0938. The lowest BCUT2D eigenvalue weighted by atomic mass is 10.1. The van der Waals surface area contributed by atoms with E-state index in [2.05, 4.69) is 15.4 Å². The first-order valence-corrected chi connectivity index (χ1v) is 9.07. The number of anilines is 1. The molecule has 2 aliphatic heterocycles. The number of carbonyl (C=O) groups is 1. The molecule has 0 unspecified atom stereocenters. The van der Waals surface area contributed by atoms with Gasteiger partial charge in [0, 0.05) is 16.1 Å². The van der Waals surface area contributed by atoms with Crippen molar-refractivity contribution in [3.05, 3.63) is 59.6 Å². The van der Waals surface area contributed by atoms with E-state index in [1.807, 2.05) is 54.6 Å². The second-order valence-corrected chi connectivity index (χ2v) is 7.01. The van der Waals surface area contributed by atoms with Crippen molar-refractivity contribution in [1.82, 2.24) is 5.01 Å². The molecule has 0 bridgehead atoms. The van der Waals surface area contributed by atoms with Gasteiger partial charge >= 0.3 is 0 Å². The Kier molecular flexibility index (Phi) is 4.42. The Morgan fingerprint density at radius 2 is 1.84 bits per heavy atom. The lowest BCUT2D eigenvalue weighted by molar-refractivity contribution is -0.134. The summed E-state index contributed by atoms with van der Waals surface area (Å²) in [5, 5.41) is 16.6. The molecule has 0 saturated carbocycles. The lowest BCUT2D eigenvalue weighted by Gasteiger charge is -2.29. The summed E-state index contributed by atoms with van der Waals surface area (Å²) < 4.78 is 0. The molecule has 0 fully saturated rings. The Morgan fingerprint density at radius 1 is 1.08 bits per heavy atom. The third-order valence-corrected chi connectivity index (χ3v) is 5.16. The highest BCUT2D eigenvalue weighted by atomic mass is 35.5. The Labute approximate surface area is 154 Å². The normalized spacial score (nSPS) is 21.7. The highest BCUT2D eigenvalue weighted by Crippen LogP contribution is 2.31. The largest absolute Gasteiger partial charge is 0.272 e. The first-order chi connectivity index (χ1) is 12.2. The molecule has 126 valence electrons. The number of carbonyl (C=O) groups excluding carboxylic acids is 1. The smallest absolute Gasteiger partial charge is 0.257 e. The quantitative estimate of drug-likeness (QED) is 0.762. The van der Waals surface area contributed by atoms with Crippen LogP contribution in [0.5, 0.6) is 0 Å². The van der Waals surface area contributed by atoms with E-state index in [0.717, 1.165) is 10.6 Å². The van der Waals surface area contributed by atoms with Gasteiger partial charge < -0.3 is 0 Å². The third kappa shape index (κ3) is 3.25. The highest BCUT2D eigenvalue weighted by Gasteiger charge is 2.42. The predicted molar refractivity (Wildman–Crippen MR) is 98.6 cm³/mol. The number of amides is 1. The molecule has 25 heavy (non-hydrogen) atoms. The van der Waals surface area contributed by atoms with Crippen molar-refractivity contribution in [3.8, 4) is 0 Å². The maximum Gasteiger partial charge on any atom is 0.257 e. The fourth-order valence-corrected chi connectivity index (χ4v) is 3.55. The molecule has 0 aromatic heterocycles. The first kappa shape index (κ1) is 16.1. The molecule has 0 spiro atoms. The molecule has 2 atom stereocenters. The number of rotatable bonds is 4. The number of thioether (sulfide) groups is 1. The summed E-state index contributed by atoms with van der Waals surface area (Å²) in [4.78, 5) is 13.7. The van der Waals surface area contributed by atoms with Crippen molar-refractivity contribution >= 4 is 41.2 Å². The number of para-hydroxylation sites is 1. The molecule has 0 N–H and O–H groups in total. The molecule has 0 aliphatic carbocycles. The van der Waals surface area contributed by atoms with Gasteiger partial charge in [0.05, 0.1) is 11.6 Å². The van der Waals surface area contributed by atoms with E-state index in [-0.39, 0.29) is 5.91 Å². The minimum atomic E-state index is -0.413. The van der Waals surface area contributed by atoms with Crippen LogP contribution in [-0.2, 0) is 4.79 Å². The van der Waals surface area contributed by atoms with Crippen molar-refractivity contribution in [3.63, 3.8) is 0 Å². The average molecular weight is 372 g/mol. The van der Waals surface area contributed by atoms with Crippen molar-refractivity contribution in [2.45, 2.75) is 11.1 Å². The number of hydrogen-bond donors (Lipinski definition) is 0. The molecule has 1 amide bonds. The van der Waals surface area contributed by atoms with Crippen LogP contribution in [0.2, 0.25) is 5.02 Å². The van der Waals surface area contributed by atoms with Crippen LogP contribution in [0, 0.1) is 5.92 Å². The molecule has 2 aromatic rings. The molecule has 8 heteroatoms. The van der Waals surface area contributed by atoms with Crippen LogP contribution in [0.15, 0.2) is 74.9 Å². The number of benzene rings is 2. The molecule has 2 aromatic carbocycles. The molecule has 4 rings (SSSR count). The van der Waals surface area contributed by atoms with E-state index in [9.17, 15) is 4.79 Å². The molecular weight excluding hydrogens is 358 g/mol. The van der Waals surface area contributed by atoms with Crippen molar-refractivity contribution in [1.29, 1.82) is 0 Å². The average Bonchev–Trinajstić information content (AvgIpc) is 3.08. The van der Waals surface area contributed by atoms with E-state index in [4.69, 9.17) is 11.6 Å². The Hall–Kier alpha value is -2.38. The Bertz CT molecular complexity index is 827. The van der Waals surface area contributed by atoms with E-state index >= 15 is 0 Å². The summed E-state index contributed by atoms with van der Waals surface area (Å²) in [5.74, 6) is -0.112. The lowest BCUT2D eigenvalue weighted by Crippen LogP contribution is -2.44. The summed E-state index contributed by atoms with van der Waals surface area (Å²) in [6.07, 6.45) is 1.24. The van der Waals surface area contributed by atoms with Gasteiger partial charge in [0.15, 0.2) is 6.17 Å². The van der Waals surface area contributed by atoms with Crippen LogP contribution >= 0.6 is 23.4 Å². The summed E-state index contributed by atoms with van der Waals surface area (Å²) in [6, 6.07) is 17.1. The maximum absolute atomic E-state index is 12.7. The van der Waals surface area contributed by atoms with Crippen LogP contribution in [0.1, 0.15) is 0 Å². The second kappa shape index (κ2) is 6.85. The second-order valence-electron chi connectivity index (χ2n) is 5.55. The fraction of sp³-hybridized carbons (Fsp3) is 0.176. The van der Waals surface area contributed by atoms with Crippen LogP contribution in [-0.4, -0.2) is 29.2 Å². The fourth-order valence-electron chi connectivity index (χ4n) is 2.64. The standard InChI is InChI=1S/C17H14ClN5OS/c18-12-6-8-14(9-7-12)25-11-22-17(24)15-10-19-23(16(15)20-21-22)13-4-2-1-3-5-13/h1-10,15-16H,11H2/t15-,16-/m0/s1. The van der Waals surface area contributed by atoms with Crippen LogP contribution in [0.4, 0.5) is 5.69 Å². The van der Waals surface area contributed by atoms with E-state index in [1.54, 1.807) is 11.2 Å². The monoisotopic (exact) mass is 371 g/mol. The van der Waals surface area contributed by atoms with Gasteiger partial charge in [-0.3, -0.25) is 4.79 Å². The summed E-state index contributed by atoms with van der Waals surface area (Å²) in [5.41, 5.74) is 0.891. The SMILES string of the molecule is O=C1[C@H]2C=NN(c3ccccc3)[C@@H]2N=NN1CSc1ccc(Cl)cc1. The molecule has 2 aliphatic rings. The zero-order valence-electron chi connectivity index (χ0n) is 13.1. The van der Waals surface area contributed by atoms with E-state index < -0.39 is 12.1 Å². The number of nitrogens with zero attached hydrogens (tertiary/aromatic N) is 5. The Balaban J connectivity index is 1.46. The molecule has 6 nitrogen and oxygen atoms in total. The van der Waals surface area contributed by atoms with Crippen LogP contribution in [0.3, 0.4) is 0 Å². The molecule has 0 saturated heterocycles. The van der Waals surface area contributed by atoms with Gasteiger partial charge in [0.1, 0.15) is 5.92 Å². The summed E-state index contributed by atoms with van der Waals surface area (Å²) in [7, 11) is 0. The van der Waals surface area contributed by atoms with Gasteiger partial charge in [-0.25, -0.2) is 10.0 Å². The van der Waals surface area contributed by atoms with Crippen LogP contribution in [0.25, 0.3) is 0 Å². The zero-order chi connectivity index (χ0) is 17.2. The van der Waals surface area contributed by atoms with Crippen molar-refractivity contribution in [2.75, 3.05) is 10.9 Å². The van der Waals surface area contributed by atoms with E-state index in [0.29, 0.717) is 10.9 Å². The van der Waals surface area contributed by atoms with Crippen molar-refractivity contribution < 1.29 is 4.79 Å². The summed E-state index contributed by atoms with van der Waals surface area (Å²) >= 11 is 7.39. The van der Waals surface area contributed by atoms with Gasteiger partial charge in [-0.1, -0.05) is 35.0 Å². The van der Waals surface area contributed by atoms with Crippen LogP contribution < -0.4 is 5.01 Å². The van der Waals surface area contributed by atoms with Gasteiger partial charge in [0.2, 0.25) is 0 Å². The van der Waals surface area contributed by atoms with Gasteiger partial charge in [-0.15, -0.1) is 16.9 Å². The number of hydrazone groups is 1. The maximum atomic E-state index is 12.7. The number of fused-ring (bicyclic) bond motifs is 1. The van der Waals surface area contributed by atoms with Gasteiger partial charge in [0.25, 0.3) is 5.91 Å². The van der Waals surface area contributed by atoms with Crippen molar-refractivity contribution in [2.24, 2.45) is 21.4 Å². The molecular formula is C17H14ClN5OS. The summed E-state index contributed by atoms with van der Waals surface area (Å²) in [6.45, 7) is 0. The predicted octanol–water partition coefficient (Wildman–Crippen LogP) is 4.05. The first-order valence-electron chi connectivity index (χ1n) is 7.71. The van der Waals surface area contributed by atoms with Gasteiger partial charge in [-0.2, -0.15) is 5.10 Å². The number of halogens is 1. The molecule has 2 heterocycles.